The molecule has 0 atom stereocenters. The Morgan fingerprint density at radius 3 is 2.19 bits per heavy atom. The van der Waals surface area contributed by atoms with Crippen LogP contribution >= 0.6 is 0 Å². The van der Waals surface area contributed by atoms with Crippen LogP contribution in [0.2, 0.25) is 0 Å². The molecule has 1 N–H and O–H groups in total. The van der Waals surface area contributed by atoms with Crippen molar-refractivity contribution in [2.75, 3.05) is 0 Å². The van der Waals surface area contributed by atoms with Gasteiger partial charge in [0, 0.05) is 0 Å². The molecular formula is C10H4LiN5. The van der Waals surface area contributed by atoms with Crippen LogP contribution in [0.3, 0.4) is 0 Å². The van der Waals surface area contributed by atoms with Crippen molar-refractivity contribution in [3.05, 3.63) is 29.1 Å². The molecule has 0 fully saturated rings. The monoisotopic (exact) mass is 201 g/mol. The van der Waals surface area contributed by atoms with Gasteiger partial charge in [-0.05, 0) is 12.1 Å². The Hall–Kier alpha value is -2.24. The van der Waals surface area contributed by atoms with Crippen LogP contribution in [-0.4, -0.2) is 28.8 Å². The summed E-state index contributed by atoms with van der Waals surface area (Å²) in [5, 5.41) is 26.2. The number of aromatic amines is 1. The predicted octanol–water partition coefficient (Wildman–Crippen LogP) is 0.529. The summed E-state index contributed by atoms with van der Waals surface area (Å²) >= 11 is 0. The fourth-order valence-electron chi connectivity index (χ4n) is 1.29. The fraction of sp³-hybridized carbons (Fsp3) is 0. The molecule has 5 nitrogen and oxygen atoms in total. The zero-order valence-corrected chi connectivity index (χ0v) is 7.44. The number of nitrogens with one attached hydrogen (secondary N) is 1. The molecular weight excluding hydrogens is 197 g/mol. The fourth-order valence-corrected chi connectivity index (χ4v) is 1.29. The number of rotatable bonds is 0. The quantitative estimate of drug-likeness (QED) is 0.628. The average molecular weight is 201 g/mol. The third-order valence-corrected chi connectivity index (χ3v) is 1.97. The van der Waals surface area contributed by atoms with Gasteiger partial charge in [-0.15, -0.1) is 0 Å². The molecule has 0 spiro atoms. The molecule has 0 amide bonds. The summed E-state index contributed by atoms with van der Waals surface area (Å²) in [7, 11) is 0. The summed E-state index contributed by atoms with van der Waals surface area (Å²) in [5.41, 5.74) is 1.64. The zero-order chi connectivity index (χ0) is 10.8. The van der Waals surface area contributed by atoms with Crippen molar-refractivity contribution >= 4 is 29.9 Å². The summed E-state index contributed by atoms with van der Waals surface area (Å²) in [5.74, 6) is 0.170. The molecule has 0 aliphatic heterocycles. The minimum atomic E-state index is 0. The van der Waals surface area contributed by atoms with Gasteiger partial charge >= 0.3 is 18.9 Å². The van der Waals surface area contributed by atoms with E-state index in [1.165, 1.54) is 12.1 Å². The molecule has 2 rings (SSSR count). The molecule has 6 heteroatoms. The Labute approximate surface area is 103 Å². The van der Waals surface area contributed by atoms with Crippen molar-refractivity contribution < 1.29 is 0 Å². The SMILES string of the molecule is N#Cc1nc2cc(C#N)c(C#N)cc2[nH]1.[LiH]. The zero-order valence-electron chi connectivity index (χ0n) is 7.44. The third-order valence-electron chi connectivity index (χ3n) is 1.97. The van der Waals surface area contributed by atoms with Crippen molar-refractivity contribution in [1.29, 1.82) is 15.8 Å². The number of H-pyrrole nitrogens is 1. The van der Waals surface area contributed by atoms with E-state index in [1.807, 2.05) is 18.2 Å². The molecule has 16 heavy (non-hydrogen) atoms. The Bertz CT molecular complexity index is 614. The molecule has 0 bridgehead atoms. The van der Waals surface area contributed by atoms with Crippen molar-refractivity contribution in [1.82, 2.24) is 9.97 Å². The van der Waals surface area contributed by atoms with E-state index in [0.29, 0.717) is 11.0 Å². The molecule has 1 aromatic carbocycles. The van der Waals surface area contributed by atoms with Crippen molar-refractivity contribution in [3.63, 3.8) is 0 Å². The van der Waals surface area contributed by atoms with Gasteiger partial charge in [-0.2, -0.15) is 15.8 Å². The molecule has 0 saturated heterocycles. The molecule has 70 valence electrons. The minimum absolute atomic E-state index is 0. The van der Waals surface area contributed by atoms with Crippen LogP contribution in [0.25, 0.3) is 11.0 Å². The number of nitrogens with zero attached hydrogens (tertiary/aromatic N) is 4. The predicted molar refractivity (Wildman–Crippen MR) is 57.4 cm³/mol. The molecule has 0 aliphatic rings. The van der Waals surface area contributed by atoms with Gasteiger partial charge in [-0.3, -0.25) is 0 Å². The van der Waals surface area contributed by atoms with E-state index in [2.05, 4.69) is 9.97 Å². The molecule has 0 unspecified atom stereocenters. The number of hydrogen-bond acceptors (Lipinski definition) is 4. The van der Waals surface area contributed by atoms with Gasteiger partial charge < -0.3 is 4.98 Å². The maximum absolute atomic E-state index is 8.77. The second-order valence-electron chi connectivity index (χ2n) is 2.84. The van der Waals surface area contributed by atoms with Gasteiger partial charge in [-0.25, -0.2) is 4.98 Å². The average Bonchev–Trinajstić information content (AvgIpc) is 2.68. The topological polar surface area (TPSA) is 100 Å². The summed E-state index contributed by atoms with van der Waals surface area (Å²) in [4.78, 5) is 6.68. The first-order chi connectivity index (χ1) is 7.28. The van der Waals surface area contributed by atoms with Crippen LogP contribution in [0.1, 0.15) is 17.0 Å². The Morgan fingerprint density at radius 2 is 1.62 bits per heavy atom. The van der Waals surface area contributed by atoms with E-state index in [-0.39, 0.29) is 35.8 Å². The molecule has 1 aromatic heterocycles. The first-order valence-electron chi connectivity index (χ1n) is 4.02. The summed E-state index contributed by atoms with van der Waals surface area (Å²) < 4.78 is 0. The summed E-state index contributed by atoms with van der Waals surface area (Å²) in [6.07, 6.45) is 0. The third kappa shape index (κ3) is 1.77. The molecule has 2 aromatic rings. The number of fused-ring (bicyclic) bond motifs is 1. The maximum atomic E-state index is 8.77. The normalized spacial score (nSPS) is 8.56. The second kappa shape index (κ2) is 4.52. The first kappa shape index (κ1) is 11.8. The van der Waals surface area contributed by atoms with E-state index in [4.69, 9.17) is 15.8 Å². The molecule has 0 aliphatic carbocycles. The van der Waals surface area contributed by atoms with E-state index < -0.39 is 0 Å². The van der Waals surface area contributed by atoms with Crippen LogP contribution in [0.15, 0.2) is 12.1 Å². The van der Waals surface area contributed by atoms with Crippen LogP contribution in [0.4, 0.5) is 0 Å². The summed E-state index contributed by atoms with van der Waals surface area (Å²) in [6, 6.07) is 8.69. The number of benzene rings is 1. The van der Waals surface area contributed by atoms with Crippen molar-refractivity contribution in [3.8, 4) is 18.2 Å². The molecule has 0 saturated carbocycles. The number of imidazole rings is 1. The van der Waals surface area contributed by atoms with Crippen molar-refractivity contribution in [2.45, 2.75) is 0 Å². The van der Waals surface area contributed by atoms with Crippen LogP contribution in [0, 0.1) is 34.0 Å². The van der Waals surface area contributed by atoms with Gasteiger partial charge in [0.05, 0.1) is 22.2 Å². The summed E-state index contributed by atoms with van der Waals surface area (Å²) in [6.45, 7) is 0. The second-order valence-corrected chi connectivity index (χ2v) is 2.84. The Morgan fingerprint density at radius 1 is 1.00 bits per heavy atom. The Balaban J connectivity index is 0.00000128. The number of aromatic nitrogens is 2. The number of nitriles is 3. The van der Waals surface area contributed by atoms with Crippen LogP contribution < -0.4 is 0 Å². The van der Waals surface area contributed by atoms with Crippen molar-refractivity contribution in [2.24, 2.45) is 0 Å². The number of hydrogen-bond donors (Lipinski definition) is 1. The van der Waals surface area contributed by atoms with Crippen LogP contribution in [0.5, 0.6) is 0 Å². The van der Waals surface area contributed by atoms with Gasteiger partial charge in [-0.1, -0.05) is 0 Å². The van der Waals surface area contributed by atoms with Gasteiger partial charge in [0.2, 0.25) is 5.82 Å². The molecule has 1 heterocycles. The standard InChI is InChI=1S/C10H3N5.Li.H/c11-3-6-1-8-9(2-7(6)4-12)15-10(5-13)14-8;;/h1-2H,(H,14,15);;. The van der Waals surface area contributed by atoms with E-state index in [9.17, 15) is 0 Å². The Kier molecular flexibility index (Phi) is 3.34. The molecule has 0 radical (unpaired) electrons. The van der Waals surface area contributed by atoms with Gasteiger partial charge in [0.25, 0.3) is 0 Å². The first-order valence-corrected chi connectivity index (χ1v) is 4.02. The van der Waals surface area contributed by atoms with E-state index in [1.54, 1.807) is 0 Å². The van der Waals surface area contributed by atoms with Crippen LogP contribution in [-0.2, 0) is 0 Å². The van der Waals surface area contributed by atoms with Gasteiger partial charge in [0.1, 0.15) is 18.2 Å². The van der Waals surface area contributed by atoms with Gasteiger partial charge in [0.15, 0.2) is 0 Å². The van der Waals surface area contributed by atoms with E-state index >= 15 is 0 Å². The van der Waals surface area contributed by atoms with E-state index in [0.717, 1.165) is 0 Å².